The summed E-state index contributed by atoms with van der Waals surface area (Å²) < 4.78 is 27.8. The van der Waals surface area contributed by atoms with Gasteiger partial charge in [0, 0.05) is 4.11 Å². The minimum absolute atomic E-state index is 0.0132. The Morgan fingerprint density at radius 3 is 2.75 bits per heavy atom. The van der Waals surface area contributed by atoms with Gasteiger partial charge < -0.3 is 10.1 Å². The Balaban J connectivity index is 2.15. The summed E-state index contributed by atoms with van der Waals surface area (Å²) in [6, 6.07) is 4.35. The molecule has 0 bridgehead atoms. The van der Waals surface area contributed by atoms with Crippen molar-refractivity contribution in [1.29, 1.82) is 0 Å². The van der Waals surface area contributed by atoms with Crippen molar-refractivity contribution in [3.05, 3.63) is 39.9 Å². The number of hydrogen-bond donors (Lipinski definition) is 2. The molecule has 0 fully saturated rings. The maximum absolute atomic E-state index is 12.4. The number of carbonyl (C=O) groups is 2. The summed E-state index contributed by atoms with van der Waals surface area (Å²) in [4.78, 5) is 28.3. The highest BCUT2D eigenvalue weighted by molar-refractivity contribution is 7.17. The van der Waals surface area contributed by atoms with Crippen LogP contribution < -0.4 is 10.6 Å². The van der Waals surface area contributed by atoms with E-state index in [9.17, 15) is 9.59 Å². The van der Waals surface area contributed by atoms with Gasteiger partial charge in [0.05, 0.1) is 16.9 Å². The highest BCUT2D eigenvalue weighted by Gasteiger charge is 2.19. The number of aromatic nitrogens is 1. The molecule has 0 aliphatic heterocycles. The second-order valence-corrected chi connectivity index (χ2v) is 7.21. The summed E-state index contributed by atoms with van der Waals surface area (Å²) in [7, 11) is 0. The quantitative estimate of drug-likeness (QED) is 0.820. The molecule has 0 aliphatic carbocycles. The summed E-state index contributed by atoms with van der Waals surface area (Å²) in [6.07, 6.45) is 0.568. The van der Waals surface area contributed by atoms with E-state index in [4.69, 9.17) is 20.5 Å². The molecule has 0 atom stereocenters. The van der Waals surface area contributed by atoms with Gasteiger partial charge in [-0.2, -0.15) is 0 Å². The van der Waals surface area contributed by atoms with E-state index in [0.717, 1.165) is 11.3 Å². The predicted octanol–water partition coefficient (Wildman–Crippen LogP) is 4.70. The fourth-order valence-electron chi connectivity index (χ4n) is 1.65. The van der Waals surface area contributed by atoms with Crippen molar-refractivity contribution in [3.63, 3.8) is 0 Å². The monoisotopic (exact) mass is 370 g/mol. The third-order valence-corrected chi connectivity index (χ3v) is 3.82. The number of ether oxygens (including phenoxy) is 1. The van der Waals surface area contributed by atoms with Crippen LogP contribution in [0.3, 0.4) is 0 Å². The fraction of sp³-hybridized carbons (Fsp3) is 0.312. The van der Waals surface area contributed by atoms with Gasteiger partial charge >= 0.3 is 6.09 Å². The lowest BCUT2D eigenvalue weighted by atomic mass is 10.2. The number of amides is 2. The molecule has 6 nitrogen and oxygen atoms in total. The van der Waals surface area contributed by atoms with Crippen molar-refractivity contribution in [2.75, 3.05) is 10.6 Å². The van der Waals surface area contributed by atoms with E-state index < -0.39 is 24.5 Å². The Kier molecular flexibility index (Phi) is 4.27. The molecule has 0 radical (unpaired) electrons. The molecular formula is C16H18ClN3O3S. The zero-order valence-corrected chi connectivity index (χ0v) is 14.8. The largest absolute Gasteiger partial charge is 0.444 e. The topological polar surface area (TPSA) is 80.3 Å². The average molecular weight is 371 g/mol. The lowest BCUT2D eigenvalue weighted by molar-refractivity contribution is 0.0635. The maximum atomic E-state index is 12.4. The second kappa shape index (κ2) is 7.19. The van der Waals surface area contributed by atoms with Crippen LogP contribution in [0.4, 0.5) is 15.6 Å². The highest BCUT2D eigenvalue weighted by atomic mass is 35.5. The van der Waals surface area contributed by atoms with E-state index in [2.05, 4.69) is 15.6 Å². The van der Waals surface area contributed by atoms with Crippen molar-refractivity contribution in [3.8, 4) is 0 Å². The number of nitrogens with one attached hydrogen (secondary N) is 2. The lowest BCUT2D eigenvalue weighted by Crippen LogP contribution is -2.27. The first-order valence-electron chi connectivity index (χ1n) is 8.43. The second-order valence-electron chi connectivity index (χ2n) is 5.77. The summed E-state index contributed by atoms with van der Waals surface area (Å²) in [5, 5.41) is 5.21. The standard InChI is InChI=1S/C16H18ClN3O3S/c1-9-6-5-7-10(17)12(9)19-13(21)11-8-18-14(24-11)20-15(22)23-16(2,3)4/h5-8H,1-4H3,(H,19,21)(H,18,20,22)/i1D3. The Labute approximate surface area is 153 Å². The van der Waals surface area contributed by atoms with Crippen LogP contribution in [0.15, 0.2) is 24.4 Å². The van der Waals surface area contributed by atoms with Crippen molar-refractivity contribution >= 4 is 45.8 Å². The molecule has 2 rings (SSSR count). The molecule has 24 heavy (non-hydrogen) atoms. The van der Waals surface area contributed by atoms with Crippen LogP contribution in [0, 0.1) is 6.85 Å². The number of hydrogen-bond acceptors (Lipinski definition) is 5. The molecule has 2 N–H and O–H groups in total. The number of halogens is 1. The van der Waals surface area contributed by atoms with Crippen molar-refractivity contribution in [2.24, 2.45) is 0 Å². The predicted molar refractivity (Wildman–Crippen MR) is 96.1 cm³/mol. The molecule has 1 aromatic carbocycles. The van der Waals surface area contributed by atoms with E-state index in [-0.39, 0.29) is 26.3 Å². The number of para-hydroxylation sites is 1. The number of carbonyl (C=O) groups excluding carboxylic acids is 2. The van der Waals surface area contributed by atoms with Gasteiger partial charge in [0.25, 0.3) is 5.91 Å². The summed E-state index contributed by atoms with van der Waals surface area (Å²) in [6.45, 7) is 2.73. The molecule has 2 aromatic rings. The van der Waals surface area contributed by atoms with Gasteiger partial charge in [-0.05, 0) is 39.3 Å². The summed E-state index contributed by atoms with van der Waals surface area (Å²) >= 11 is 6.97. The van der Waals surface area contributed by atoms with Gasteiger partial charge in [0.2, 0.25) is 0 Å². The van der Waals surface area contributed by atoms with Crippen molar-refractivity contribution < 1.29 is 18.4 Å². The number of benzene rings is 1. The summed E-state index contributed by atoms with van der Waals surface area (Å²) in [5.74, 6) is -0.594. The molecular weight excluding hydrogens is 350 g/mol. The van der Waals surface area contributed by atoms with Crippen LogP contribution in [-0.4, -0.2) is 22.6 Å². The number of thiazole rings is 1. The molecule has 0 unspecified atom stereocenters. The first-order chi connectivity index (χ1) is 12.4. The minimum Gasteiger partial charge on any atom is -0.444 e. The molecule has 0 saturated heterocycles. The summed E-state index contributed by atoms with van der Waals surface area (Å²) in [5.41, 5.74) is -0.726. The van der Waals surface area contributed by atoms with Gasteiger partial charge in [-0.15, -0.1) is 0 Å². The molecule has 2 amide bonds. The van der Waals surface area contributed by atoms with Gasteiger partial charge in [-0.1, -0.05) is 35.1 Å². The lowest BCUT2D eigenvalue weighted by Gasteiger charge is -2.18. The normalized spacial score (nSPS) is 13.4. The zero-order chi connectivity index (χ0) is 20.4. The van der Waals surface area contributed by atoms with E-state index in [1.165, 1.54) is 24.4 Å². The first-order valence-corrected chi connectivity index (χ1v) is 8.12. The first kappa shape index (κ1) is 14.2. The Hall–Kier alpha value is -2.12. The van der Waals surface area contributed by atoms with Crippen LogP contribution in [0.1, 0.15) is 40.1 Å². The van der Waals surface area contributed by atoms with E-state index in [0.29, 0.717) is 0 Å². The molecule has 1 heterocycles. The Morgan fingerprint density at radius 1 is 1.33 bits per heavy atom. The van der Waals surface area contributed by atoms with Gasteiger partial charge in [0.15, 0.2) is 5.13 Å². The van der Waals surface area contributed by atoms with E-state index >= 15 is 0 Å². The SMILES string of the molecule is [2H]C([2H])([2H])c1cccc(Cl)c1NC(=O)c1cnc(NC(=O)OC(C)(C)C)s1. The van der Waals surface area contributed by atoms with Crippen molar-refractivity contribution in [1.82, 2.24) is 4.98 Å². The number of nitrogens with zero attached hydrogens (tertiary/aromatic N) is 1. The molecule has 0 saturated carbocycles. The third-order valence-electron chi connectivity index (χ3n) is 2.59. The average Bonchev–Trinajstić information content (AvgIpc) is 2.94. The van der Waals surface area contributed by atoms with Gasteiger partial charge in [-0.3, -0.25) is 10.1 Å². The molecule has 128 valence electrons. The fourth-order valence-corrected chi connectivity index (χ4v) is 2.57. The Morgan fingerprint density at radius 2 is 2.08 bits per heavy atom. The maximum Gasteiger partial charge on any atom is 0.413 e. The molecule has 8 heteroatoms. The highest BCUT2D eigenvalue weighted by Crippen LogP contribution is 2.27. The number of anilines is 2. The van der Waals surface area contributed by atoms with Crippen molar-refractivity contribution in [2.45, 2.75) is 33.2 Å². The van der Waals surface area contributed by atoms with E-state index in [1.807, 2.05) is 0 Å². The van der Waals surface area contributed by atoms with Gasteiger partial charge in [-0.25, -0.2) is 9.78 Å². The molecule has 1 aromatic heterocycles. The zero-order valence-electron chi connectivity index (χ0n) is 16.3. The van der Waals surface area contributed by atoms with Crippen LogP contribution in [0.2, 0.25) is 5.02 Å². The van der Waals surface area contributed by atoms with Crippen LogP contribution in [-0.2, 0) is 4.74 Å². The van der Waals surface area contributed by atoms with Crippen LogP contribution in [0.25, 0.3) is 0 Å². The third kappa shape index (κ3) is 4.94. The van der Waals surface area contributed by atoms with Crippen LogP contribution in [0.5, 0.6) is 0 Å². The molecule has 0 spiro atoms. The smallest absolute Gasteiger partial charge is 0.413 e. The number of aryl methyl sites for hydroxylation is 1. The molecule has 0 aliphatic rings. The van der Waals surface area contributed by atoms with Gasteiger partial charge in [0.1, 0.15) is 10.5 Å². The minimum atomic E-state index is -2.44. The number of rotatable bonds is 3. The Bertz CT molecular complexity index is 863. The van der Waals surface area contributed by atoms with Crippen LogP contribution >= 0.6 is 22.9 Å². The van der Waals surface area contributed by atoms with E-state index in [1.54, 1.807) is 20.8 Å².